The fourth-order valence-corrected chi connectivity index (χ4v) is 2.90. The lowest BCUT2D eigenvalue weighted by molar-refractivity contribution is -0.137. The van der Waals surface area contributed by atoms with E-state index in [1.807, 2.05) is 0 Å². The zero-order valence-electron chi connectivity index (χ0n) is 14.0. The molecule has 28 heavy (non-hydrogen) atoms. The first kappa shape index (κ1) is 19.6. The molecule has 10 heteroatoms. The molecule has 0 atom stereocenters. The standard InChI is InChI=1S/C18H13F3N2O4S/c19-18(20,21)12-3-1-2-11(10-12)15-8-9-16(27-15)17(24)23-13-4-6-14(7-5-13)28(22,25)26/h1-10H,(H,23,24)(H2,22,25,26). The predicted octanol–water partition coefficient (Wildman–Crippen LogP) is 3.87. The van der Waals surface area contributed by atoms with E-state index in [1.165, 1.54) is 48.5 Å². The van der Waals surface area contributed by atoms with Crippen LogP contribution < -0.4 is 10.5 Å². The van der Waals surface area contributed by atoms with Gasteiger partial charge in [0.2, 0.25) is 10.0 Å². The largest absolute Gasteiger partial charge is 0.451 e. The molecule has 0 aliphatic rings. The van der Waals surface area contributed by atoms with Crippen LogP contribution in [0.5, 0.6) is 0 Å². The van der Waals surface area contributed by atoms with Crippen molar-refractivity contribution in [2.45, 2.75) is 11.1 Å². The third kappa shape index (κ3) is 4.41. The third-order valence-electron chi connectivity index (χ3n) is 3.74. The van der Waals surface area contributed by atoms with Crippen LogP contribution in [0.2, 0.25) is 0 Å². The van der Waals surface area contributed by atoms with Crippen molar-refractivity contribution in [3.63, 3.8) is 0 Å². The zero-order chi connectivity index (χ0) is 20.5. The number of nitrogens with two attached hydrogens (primary N) is 1. The number of nitrogens with one attached hydrogen (secondary N) is 1. The van der Waals surface area contributed by atoms with Crippen LogP contribution in [0, 0.1) is 0 Å². The van der Waals surface area contributed by atoms with Gasteiger partial charge >= 0.3 is 6.18 Å². The van der Waals surface area contributed by atoms with E-state index in [0.717, 1.165) is 12.1 Å². The van der Waals surface area contributed by atoms with Crippen LogP contribution in [0.4, 0.5) is 18.9 Å². The van der Waals surface area contributed by atoms with E-state index < -0.39 is 27.7 Å². The van der Waals surface area contributed by atoms with Crippen LogP contribution >= 0.6 is 0 Å². The highest BCUT2D eigenvalue weighted by Crippen LogP contribution is 2.32. The summed E-state index contributed by atoms with van der Waals surface area (Å²) in [4.78, 5) is 12.1. The number of alkyl halides is 3. The molecule has 3 aromatic rings. The SMILES string of the molecule is NS(=O)(=O)c1ccc(NC(=O)c2ccc(-c3cccc(C(F)(F)F)c3)o2)cc1. The van der Waals surface area contributed by atoms with Crippen LogP contribution in [0.15, 0.2) is 70.0 Å². The van der Waals surface area contributed by atoms with E-state index in [-0.39, 0.29) is 27.7 Å². The Balaban J connectivity index is 1.78. The number of hydrogen-bond acceptors (Lipinski definition) is 4. The average molecular weight is 410 g/mol. The van der Waals surface area contributed by atoms with E-state index in [2.05, 4.69) is 5.32 Å². The van der Waals surface area contributed by atoms with Crippen LogP contribution in [-0.4, -0.2) is 14.3 Å². The number of hydrogen-bond donors (Lipinski definition) is 2. The number of halogens is 3. The van der Waals surface area contributed by atoms with Crippen molar-refractivity contribution in [2.24, 2.45) is 5.14 Å². The second-order valence-electron chi connectivity index (χ2n) is 5.77. The quantitative estimate of drug-likeness (QED) is 0.682. The third-order valence-corrected chi connectivity index (χ3v) is 4.67. The zero-order valence-corrected chi connectivity index (χ0v) is 14.8. The van der Waals surface area contributed by atoms with Gasteiger partial charge in [-0.05, 0) is 48.5 Å². The molecule has 0 saturated carbocycles. The van der Waals surface area contributed by atoms with Crippen molar-refractivity contribution < 1.29 is 30.8 Å². The summed E-state index contributed by atoms with van der Waals surface area (Å²) in [5.74, 6) is -0.676. The number of carbonyl (C=O) groups excluding carboxylic acids is 1. The van der Waals surface area contributed by atoms with Gasteiger partial charge in [0.25, 0.3) is 5.91 Å². The topological polar surface area (TPSA) is 102 Å². The molecule has 0 spiro atoms. The number of primary sulfonamides is 1. The van der Waals surface area contributed by atoms with Gasteiger partial charge in [0, 0.05) is 11.3 Å². The van der Waals surface area contributed by atoms with Gasteiger partial charge in [-0.25, -0.2) is 13.6 Å². The van der Waals surface area contributed by atoms with E-state index in [9.17, 15) is 26.4 Å². The Bertz CT molecular complexity index is 1120. The second-order valence-corrected chi connectivity index (χ2v) is 7.33. The van der Waals surface area contributed by atoms with Crippen molar-refractivity contribution in [3.8, 4) is 11.3 Å². The maximum absolute atomic E-state index is 12.8. The molecular formula is C18H13F3N2O4S. The first-order chi connectivity index (χ1) is 13.0. The van der Waals surface area contributed by atoms with Gasteiger partial charge < -0.3 is 9.73 Å². The number of sulfonamides is 1. The van der Waals surface area contributed by atoms with Crippen molar-refractivity contribution in [3.05, 3.63) is 72.0 Å². The smallest absolute Gasteiger partial charge is 0.416 e. The Morgan fingerprint density at radius 2 is 1.68 bits per heavy atom. The summed E-state index contributed by atoms with van der Waals surface area (Å²) in [6, 6.07) is 12.4. The van der Waals surface area contributed by atoms with Gasteiger partial charge in [-0.1, -0.05) is 12.1 Å². The van der Waals surface area contributed by atoms with Crippen molar-refractivity contribution in [1.82, 2.24) is 0 Å². The van der Waals surface area contributed by atoms with Gasteiger partial charge in [-0.3, -0.25) is 4.79 Å². The summed E-state index contributed by atoms with van der Waals surface area (Å²) in [6.07, 6.45) is -4.49. The van der Waals surface area contributed by atoms with Crippen LogP contribution in [0.3, 0.4) is 0 Å². The molecule has 1 heterocycles. The first-order valence-corrected chi connectivity index (χ1v) is 9.30. The van der Waals surface area contributed by atoms with E-state index >= 15 is 0 Å². The summed E-state index contributed by atoms with van der Waals surface area (Å²) < 4.78 is 66.3. The number of carbonyl (C=O) groups is 1. The molecular weight excluding hydrogens is 397 g/mol. The minimum absolute atomic E-state index is 0.0980. The van der Waals surface area contributed by atoms with Crippen molar-refractivity contribution in [2.75, 3.05) is 5.32 Å². The maximum atomic E-state index is 12.8. The fourth-order valence-electron chi connectivity index (χ4n) is 2.38. The summed E-state index contributed by atoms with van der Waals surface area (Å²) >= 11 is 0. The van der Waals surface area contributed by atoms with Gasteiger partial charge in [0.05, 0.1) is 10.5 Å². The van der Waals surface area contributed by atoms with Crippen LogP contribution in [0.25, 0.3) is 11.3 Å². The monoisotopic (exact) mass is 410 g/mol. The molecule has 0 radical (unpaired) electrons. The van der Waals surface area contributed by atoms with Gasteiger partial charge in [0.1, 0.15) is 5.76 Å². The predicted molar refractivity (Wildman–Crippen MR) is 94.9 cm³/mol. The lowest BCUT2D eigenvalue weighted by Crippen LogP contribution is -2.13. The Labute approximate surface area is 157 Å². The summed E-state index contributed by atoms with van der Waals surface area (Å²) in [6.45, 7) is 0. The Hall–Kier alpha value is -3.11. The summed E-state index contributed by atoms with van der Waals surface area (Å²) in [5, 5.41) is 7.48. The lowest BCUT2D eigenvalue weighted by Gasteiger charge is -2.07. The molecule has 0 fully saturated rings. The van der Waals surface area contributed by atoms with E-state index in [4.69, 9.17) is 9.56 Å². The minimum atomic E-state index is -4.49. The average Bonchev–Trinajstić information content (AvgIpc) is 3.11. The molecule has 3 rings (SSSR count). The summed E-state index contributed by atoms with van der Waals surface area (Å²) in [5.41, 5.74) is -0.372. The van der Waals surface area contributed by atoms with Crippen molar-refractivity contribution >= 4 is 21.6 Å². The molecule has 0 aliphatic carbocycles. The number of amides is 1. The second kappa shape index (κ2) is 7.13. The lowest BCUT2D eigenvalue weighted by atomic mass is 10.1. The van der Waals surface area contributed by atoms with E-state index in [0.29, 0.717) is 0 Å². The van der Waals surface area contributed by atoms with Gasteiger partial charge in [-0.15, -0.1) is 0 Å². The van der Waals surface area contributed by atoms with E-state index in [1.54, 1.807) is 0 Å². The normalized spacial score (nSPS) is 12.0. The molecule has 0 aliphatic heterocycles. The number of anilines is 1. The fraction of sp³-hybridized carbons (Fsp3) is 0.0556. The Morgan fingerprint density at radius 1 is 1.00 bits per heavy atom. The Kier molecular flexibility index (Phi) is 5.01. The molecule has 1 aromatic heterocycles. The number of benzene rings is 2. The highest BCUT2D eigenvalue weighted by molar-refractivity contribution is 7.89. The molecule has 0 bridgehead atoms. The first-order valence-electron chi connectivity index (χ1n) is 7.76. The van der Waals surface area contributed by atoms with Crippen LogP contribution in [-0.2, 0) is 16.2 Å². The van der Waals surface area contributed by atoms with Crippen LogP contribution in [0.1, 0.15) is 16.1 Å². The number of rotatable bonds is 4. The Morgan fingerprint density at radius 3 is 2.29 bits per heavy atom. The minimum Gasteiger partial charge on any atom is -0.451 e. The molecule has 0 unspecified atom stereocenters. The van der Waals surface area contributed by atoms with Gasteiger partial charge in [-0.2, -0.15) is 13.2 Å². The highest BCUT2D eigenvalue weighted by Gasteiger charge is 2.30. The molecule has 3 N–H and O–H groups in total. The molecule has 146 valence electrons. The summed E-state index contributed by atoms with van der Waals surface area (Å²) in [7, 11) is -3.85. The highest BCUT2D eigenvalue weighted by atomic mass is 32.2. The van der Waals surface area contributed by atoms with Gasteiger partial charge in [0.15, 0.2) is 5.76 Å². The van der Waals surface area contributed by atoms with Crippen molar-refractivity contribution in [1.29, 1.82) is 0 Å². The molecule has 1 amide bonds. The molecule has 2 aromatic carbocycles. The number of furan rings is 1. The molecule has 0 saturated heterocycles. The molecule has 6 nitrogen and oxygen atoms in total. The maximum Gasteiger partial charge on any atom is 0.416 e.